The van der Waals surface area contributed by atoms with E-state index in [9.17, 15) is 0 Å². The molecule has 3 nitrogen and oxygen atoms in total. The van der Waals surface area contributed by atoms with Gasteiger partial charge in [0.05, 0.1) is 5.69 Å². The van der Waals surface area contributed by atoms with Crippen LogP contribution in [0.15, 0.2) is 0 Å². The smallest absolute Gasteiger partial charge is 0.0638 e. The van der Waals surface area contributed by atoms with Gasteiger partial charge in [-0.2, -0.15) is 16.9 Å². The van der Waals surface area contributed by atoms with E-state index in [0.717, 1.165) is 17.5 Å². The van der Waals surface area contributed by atoms with E-state index in [1.807, 2.05) is 0 Å². The molecule has 0 saturated heterocycles. The monoisotopic (exact) mass is 253 g/mol. The number of nitrogens with zero attached hydrogens (tertiary/aromatic N) is 1. The molecule has 1 heterocycles. The SMILES string of the molecule is CCSC1CCCC1NCc1c(C)n[nH]c1C. The highest BCUT2D eigenvalue weighted by Gasteiger charge is 2.26. The first-order valence-electron chi connectivity index (χ1n) is 6.57. The quantitative estimate of drug-likeness (QED) is 0.848. The summed E-state index contributed by atoms with van der Waals surface area (Å²) in [6, 6.07) is 0.689. The molecule has 17 heavy (non-hydrogen) atoms. The first-order chi connectivity index (χ1) is 8.22. The Morgan fingerprint density at radius 2 is 2.24 bits per heavy atom. The van der Waals surface area contributed by atoms with Gasteiger partial charge in [-0.1, -0.05) is 13.3 Å². The number of H-pyrrole nitrogens is 1. The molecule has 2 atom stereocenters. The first kappa shape index (κ1) is 13.0. The van der Waals surface area contributed by atoms with Crippen molar-refractivity contribution in [3.8, 4) is 0 Å². The largest absolute Gasteiger partial charge is 0.309 e. The van der Waals surface area contributed by atoms with Gasteiger partial charge >= 0.3 is 0 Å². The molecule has 0 spiro atoms. The third-order valence-electron chi connectivity index (χ3n) is 3.66. The van der Waals surface area contributed by atoms with Crippen LogP contribution < -0.4 is 5.32 Å². The van der Waals surface area contributed by atoms with E-state index in [0.29, 0.717) is 6.04 Å². The van der Waals surface area contributed by atoms with Gasteiger partial charge < -0.3 is 5.32 Å². The molecule has 1 aliphatic carbocycles. The minimum atomic E-state index is 0.689. The molecular formula is C13H23N3S. The fourth-order valence-electron chi connectivity index (χ4n) is 2.64. The van der Waals surface area contributed by atoms with Crippen LogP contribution in [0.25, 0.3) is 0 Å². The Kier molecular flexibility index (Phi) is 4.51. The van der Waals surface area contributed by atoms with E-state index in [-0.39, 0.29) is 0 Å². The highest BCUT2D eigenvalue weighted by atomic mass is 32.2. The summed E-state index contributed by atoms with van der Waals surface area (Å²) in [6.45, 7) is 7.39. The molecule has 0 aromatic carbocycles. The number of thioether (sulfide) groups is 1. The van der Waals surface area contributed by atoms with E-state index < -0.39 is 0 Å². The summed E-state index contributed by atoms with van der Waals surface area (Å²) in [5.74, 6) is 1.23. The summed E-state index contributed by atoms with van der Waals surface area (Å²) in [7, 11) is 0. The van der Waals surface area contributed by atoms with Gasteiger partial charge in [0.25, 0.3) is 0 Å². The minimum Gasteiger partial charge on any atom is -0.309 e. The van der Waals surface area contributed by atoms with Crippen LogP contribution in [0.3, 0.4) is 0 Å². The highest BCUT2D eigenvalue weighted by molar-refractivity contribution is 7.99. The normalized spacial score (nSPS) is 24.4. The Bertz CT molecular complexity index is 342. The lowest BCUT2D eigenvalue weighted by atomic mass is 10.1. The van der Waals surface area contributed by atoms with Crippen molar-refractivity contribution < 1.29 is 0 Å². The van der Waals surface area contributed by atoms with Crippen molar-refractivity contribution >= 4 is 11.8 Å². The van der Waals surface area contributed by atoms with E-state index in [4.69, 9.17) is 0 Å². The van der Waals surface area contributed by atoms with Gasteiger partial charge in [-0.15, -0.1) is 0 Å². The maximum absolute atomic E-state index is 4.25. The Labute approximate surface area is 108 Å². The topological polar surface area (TPSA) is 40.7 Å². The zero-order chi connectivity index (χ0) is 12.3. The summed E-state index contributed by atoms with van der Waals surface area (Å²) in [5, 5.41) is 11.8. The second-order valence-electron chi connectivity index (χ2n) is 4.82. The average Bonchev–Trinajstić information content (AvgIpc) is 2.86. The molecule has 96 valence electrons. The first-order valence-corrected chi connectivity index (χ1v) is 7.62. The molecule has 1 aromatic rings. The minimum absolute atomic E-state index is 0.689. The molecule has 0 aliphatic heterocycles. The van der Waals surface area contributed by atoms with Gasteiger partial charge in [-0.25, -0.2) is 0 Å². The third-order valence-corrected chi connectivity index (χ3v) is 4.98. The second-order valence-corrected chi connectivity index (χ2v) is 6.34. The van der Waals surface area contributed by atoms with E-state index in [2.05, 4.69) is 48.0 Å². The van der Waals surface area contributed by atoms with E-state index >= 15 is 0 Å². The molecule has 1 aromatic heterocycles. The molecule has 2 unspecified atom stereocenters. The average molecular weight is 253 g/mol. The Balaban J connectivity index is 1.89. The van der Waals surface area contributed by atoms with Gasteiger partial charge in [0.2, 0.25) is 0 Å². The maximum atomic E-state index is 4.25. The molecule has 0 bridgehead atoms. The predicted molar refractivity (Wildman–Crippen MR) is 74.5 cm³/mol. The van der Waals surface area contributed by atoms with Gasteiger partial charge in [0.1, 0.15) is 0 Å². The molecule has 2 N–H and O–H groups in total. The van der Waals surface area contributed by atoms with Crippen LogP contribution >= 0.6 is 11.8 Å². The van der Waals surface area contributed by atoms with Crippen LogP contribution in [0.1, 0.15) is 43.1 Å². The number of nitrogens with one attached hydrogen (secondary N) is 2. The number of hydrogen-bond acceptors (Lipinski definition) is 3. The molecule has 0 amide bonds. The lowest BCUT2D eigenvalue weighted by Crippen LogP contribution is -2.34. The Morgan fingerprint density at radius 3 is 2.88 bits per heavy atom. The molecule has 1 fully saturated rings. The van der Waals surface area contributed by atoms with Crippen LogP contribution in [0.4, 0.5) is 0 Å². The summed E-state index contributed by atoms with van der Waals surface area (Å²) in [4.78, 5) is 0. The number of aromatic nitrogens is 2. The molecular weight excluding hydrogens is 230 g/mol. The molecule has 0 radical (unpaired) electrons. The number of aryl methyl sites for hydroxylation is 2. The Hall–Kier alpha value is -0.480. The van der Waals surface area contributed by atoms with Gasteiger partial charge in [0.15, 0.2) is 0 Å². The van der Waals surface area contributed by atoms with Gasteiger partial charge in [-0.3, -0.25) is 5.10 Å². The van der Waals surface area contributed by atoms with E-state index in [1.54, 1.807) is 0 Å². The van der Waals surface area contributed by atoms with Crippen LogP contribution in [-0.4, -0.2) is 27.2 Å². The summed E-state index contributed by atoms with van der Waals surface area (Å²) in [6.07, 6.45) is 4.08. The van der Waals surface area contributed by atoms with Crippen molar-refractivity contribution in [2.75, 3.05) is 5.75 Å². The summed E-state index contributed by atoms with van der Waals surface area (Å²) < 4.78 is 0. The number of rotatable bonds is 5. The molecule has 2 rings (SSSR count). The highest BCUT2D eigenvalue weighted by Crippen LogP contribution is 2.30. The lowest BCUT2D eigenvalue weighted by molar-refractivity contribution is 0.530. The predicted octanol–water partition coefficient (Wildman–Crippen LogP) is 2.79. The van der Waals surface area contributed by atoms with E-state index in [1.165, 1.54) is 36.3 Å². The zero-order valence-electron chi connectivity index (χ0n) is 11.0. The van der Waals surface area contributed by atoms with Gasteiger partial charge in [-0.05, 0) is 32.4 Å². The van der Waals surface area contributed by atoms with Crippen LogP contribution in [0.5, 0.6) is 0 Å². The fraction of sp³-hybridized carbons (Fsp3) is 0.769. The van der Waals surface area contributed by atoms with Crippen molar-refractivity contribution in [1.29, 1.82) is 0 Å². The second kappa shape index (κ2) is 5.91. The van der Waals surface area contributed by atoms with Crippen molar-refractivity contribution in [3.05, 3.63) is 17.0 Å². The van der Waals surface area contributed by atoms with Crippen molar-refractivity contribution in [2.45, 2.75) is 57.9 Å². The van der Waals surface area contributed by atoms with Gasteiger partial charge in [0, 0.05) is 29.1 Å². The third kappa shape index (κ3) is 3.05. The maximum Gasteiger partial charge on any atom is 0.0638 e. The Morgan fingerprint density at radius 1 is 1.41 bits per heavy atom. The number of aromatic amines is 1. The van der Waals surface area contributed by atoms with Crippen molar-refractivity contribution in [1.82, 2.24) is 15.5 Å². The lowest BCUT2D eigenvalue weighted by Gasteiger charge is -2.20. The standard InChI is InChI=1S/C13H23N3S/c1-4-17-13-7-5-6-12(13)14-8-11-9(2)15-16-10(11)3/h12-14H,4-8H2,1-3H3,(H,15,16). The fourth-order valence-corrected chi connectivity index (χ4v) is 3.87. The van der Waals surface area contributed by atoms with Crippen molar-refractivity contribution in [2.24, 2.45) is 0 Å². The summed E-state index contributed by atoms with van der Waals surface area (Å²) >= 11 is 2.11. The van der Waals surface area contributed by atoms with Crippen LogP contribution in [0.2, 0.25) is 0 Å². The zero-order valence-corrected chi connectivity index (χ0v) is 11.9. The van der Waals surface area contributed by atoms with Crippen LogP contribution in [-0.2, 0) is 6.54 Å². The van der Waals surface area contributed by atoms with Crippen LogP contribution in [0, 0.1) is 13.8 Å². The number of hydrogen-bond donors (Lipinski definition) is 2. The van der Waals surface area contributed by atoms with Crippen molar-refractivity contribution in [3.63, 3.8) is 0 Å². The molecule has 4 heteroatoms. The summed E-state index contributed by atoms with van der Waals surface area (Å²) in [5.41, 5.74) is 3.68. The molecule has 1 aliphatic rings. The molecule has 1 saturated carbocycles.